The first-order valence-corrected chi connectivity index (χ1v) is 4.67. The van der Waals surface area contributed by atoms with Gasteiger partial charge in [0.15, 0.2) is 5.69 Å². The summed E-state index contributed by atoms with van der Waals surface area (Å²) in [5, 5.41) is 8.91. The summed E-state index contributed by atoms with van der Waals surface area (Å²) >= 11 is 0. The highest BCUT2D eigenvalue weighted by molar-refractivity contribution is 5.87. The predicted molar refractivity (Wildman–Crippen MR) is 57.0 cm³/mol. The number of carbonyl (C=O) groups is 1. The summed E-state index contributed by atoms with van der Waals surface area (Å²) in [6.07, 6.45) is 3.14. The maximum atomic E-state index is 10.9. The van der Waals surface area contributed by atoms with E-state index in [1.807, 2.05) is 6.07 Å². The van der Waals surface area contributed by atoms with E-state index >= 15 is 0 Å². The molecule has 0 unspecified atom stereocenters. The number of hydrogen-bond donors (Lipinski definition) is 1. The number of aromatic carboxylic acids is 1. The lowest BCUT2D eigenvalue weighted by atomic mass is 10.2. The van der Waals surface area contributed by atoms with Gasteiger partial charge in [-0.3, -0.25) is 9.97 Å². The van der Waals surface area contributed by atoms with Crippen LogP contribution in [-0.2, 0) is 0 Å². The summed E-state index contributed by atoms with van der Waals surface area (Å²) in [5.74, 6) is -1.08. The van der Waals surface area contributed by atoms with Crippen molar-refractivity contribution in [1.82, 2.24) is 15.0 Å². The fourth-order valence-electron chi connectivity index (χ4n) is 1.29. The molecule has 2 aromatic rings. The maximum Gasteiger partial charge on any atom is 0.356 e. The quantitative estimate of drug-likeness (QED) is 0.822. The van der Waals surface area contributed by atoms with Crippen LogP contribution in [0.4, 0.5) is 0 Å². The molecule has 1 N–H and O–H groups in total. The average molecular weight is 215 g/mol. The summed E-state index contributed by atoms with van der Waals surface area (Å²) in [6, 6.07) is 5.35. The Labute approximate surface area is 91.8 Å². The molecule has 2 aromatic heterocycles. The Bertz CT molecular complexity index is 526. The molecule has 0 aliphatic rings. The first kappa shape index (κ1) is 10.2. The van der Waals surface area contributed by atoms with Crippen LogP contribution in [0.15, 0.2) is 30.6 Å². The third-order valence-corrected chi connectivity index (χ3v) is 2.09. The van der Waals surface area contributed by atoms with Crippen molar-refractivity contribution in [3.05, 3.63) is 42.0 Å². The van der Waals surface area contributed by atoms with Crippen molar-refractivity contribution in [3.63, 3.8) is 0 Å². The Morgan fingerprint density at radius 1 is 1.25 bits per heavy atom. The van der Waals surface area contributed by atoms with Crippen LogP contribution < -0.4 is 0 Å². The van der Waals surface area contributed by atoms with Crippen molar-refractivity contribution < 1.29 is 9.90 Å². The molecule has 0 spiro atoms. The molecule has 5 heteroatoms. The van der Waals surface area contributed by atoms with Gasteiger partial charge in [-0.05, 0) is 19.1 Å². The first-order chi connectivity index (χ1) is 7.68. The van der Waals surface area contributed by atoms with Gasteiger partial charge in [0.25, 0.3) is 0 Å². The highest BCUT2D eigenvalue weighted by Crippen LogP contribution is 2.14. The monoisotopic (exact) mass is 215 g/mol. The SMILES string of the molecule is Cc1ncc(-c2ccccn2)nc1C(=O)O. The van der Waals surface area contributed by atoms with Gasteiger partial charge in [0.2, 0.25) is 0 Å². The molecule has 0 saturated heterocycles. The summed E-state index contributed by atoms with van der Waals surface area (Å²) in [5.41, 5.74) is 1.43. The van der Waals surface area contributed by atoms with E-state index in [-0.39, 0.29) is 5.69 Å². The Hall–Kier alpha value is -2.30. The molecule has 80 valence electrons. The van der Waals surface area contributed by atoms with Gasteiger partial charge >= 0.3 is 5.97 Å². The van der Waals surface area contributed by atoms with Gasteiger partial charge in [0.1, 0.15) is 5.69 Å². The van der Waals surface area contributed by atoms with Gasteiger partial charge in [-0.2, -0.15) is 0 Å². The van der Waals surface area contributed by atoms with Crippen molar-refractivity contribution in [2.45, 2.75) is 6.92 Å². The third kappa shape index (κ3) is 1.88. The fourth-order valence-corrected chi connectivity index (χ4v) is 1.29. The van der Waals surface area contributed by atoms with Crippen LogP contribution in [0, 0.1) is 6.92 Å². The Balaban J connectivity index is 2.52. The van der Waals surface area contributed by atoms with Crippen LogP contribution in [0.1, 0.15) is 16.2 Å². The molecule has 0 amide bonds. The van der Waals surface area contributed by atoms with Crippen molar-refractivity contribution in [2.75, 3.05) is 0 Å². The van der Waals surface area contributed by atoms with E-state index in [1.165, 1.54) is 6.20 Å². The van der Waals surface area contributed by atoms with E-state index < -0.39 is 5.97 Å². The second-order valence-electron chi connectivity index (χ2n) is 3.21. The van der Waals surface area contributed by atoms with Gasteiger partial charge in [-0.15, -0.1) is 0 Å². The van der Waals surface area contributed by atoms with E-state index in [9.17, 15) is 4.79 Å². The highest BCUT2D eigenvalue weighted by atomic mass is 16.4. The zero-order chi connectivity index (χ0) is 11.5. The highest BCUT2D eigenvalue weighted by Gasteiger charge is 2.12. The smallest absolute Gasteiger partial charge is 0.356 e. The summed E-state index contributed by atoms with van der Waals surface area (Å²) in [6.45, 7) is 1.61. The zero-order valence-electron chi connectivity index (χ0n) is 8.58. The number of carboxylic acids is 1. The Morgan fingerprint density at radius 3 is 2.69 bits per heavy atom. The van der Waals surface area contributed by atoms with Crippen LogP contribution >= 0.6 is 0 Å². The molecule has 2 heterocycles. The van der Waals surface area contributed by atoms with Crippen molar-refractivity contribution in [1.29, 1.82) is 0 Å². The molecule has 0 atom stereocenters. The topological polar surface area (TPSA) is 76.0 Å². The lowest BCUT2D eigenvalue weighted by Crippen LogP contribution is -2.06. The molecular formula is C11H9N3O2. The van der Waals surface area contributed by atoms with Gasteiger partial charge in [0, 0.05) is 6.20 Å². The third-order valence-electron chi connectivity index (χ3n) is 2.09. The molecule has 2 rings (SSSR count). The van der Waals surface area contributed by atoms with Crippen LogP contribution in [0.3, 0.4) is 0 Å². The number of rotatable bonds is 2. The molecule has 5 nitrogen and oxygen atoms in total. The Kier molecular flexibility index (Phi) is 2.59. The summed E-state index contributed by atoms with van der Waals surface area (Å²) in [7, 11) is 0. The van der Waals surface area contributed by atoms with Crippen LogP contribution in [0.25, 0.3) is 11.4 Å². The lowest BCUT2D eigenvalue weighted by molar-refractivity contribution is 0.0689. The maximum absolute atomic E-state index is 10.9. The van der Waals surface area contributed by atoms with Crippen LogP contribution in [-0.4, -0.2) is 26.0 Å². The molecule has 0 bridgehead atoms. The standard InChI is InChI=1S/C11H9N3O2/c1-7-10(11(15)16)14-9(6-13-7)8-4-2-3-5-12-8/h2-6H,1H3,(H,15,16). The number of aromatic nitrogens is 3. The number of nitrogens with zero attached hydrogens (tertiary/aromatic N) is 3. The Morgan fingerprint density at radius 2 is 2.06 bits per heavy atom. The van der Waals surface area contributed by atoms with Gasteiger partial charge < -0.3 is 5.11 Å². The van der Waals surface area contributed by atoms with Crippen LogP contribution in [0.2, 0.25) is 0 Å². The molecule has 0 aliphatic heterocycles. The molecule has 0 aliphatic carbocycles. The second-order valence-corrected chi connectivity index (χ2v) is 3.21. The van der Waals surface area contributed by atoms with Crippen molar-refractivity contribution in [2.24, 2.45) is 0 Å². The predicted octanol–water partition coefficient (Wildman–Crippen LogP) is 1.55. The largest absolute Gasteiger partial charge is 0.476 e. The van der Waals surface area contributed by atoms with E-state index in [1.54, 1.807) is 25.3 Å². The van der Waals surface area contributed by atoms with E-state index in [0.29, 0.717) is 17.1 Å². The molecular weight excluding hydrogens is 206 g/mol. The minimum atomic E-state index is -1.08. The zero-order valence-corrected chi connectivity index (χ0v) is 8.58. The molecule has 0 saturated carbocycles. The van der Waals surface area contributed by atoms with Crippen molar-refractivity contribution in [3.8, 4) is 11.4 Å². The van der Waals surface area contributed by atoms with Gasteiger partial charge in [-0.25, -0.2) is 9.78 Å². The van der Waals surface area contributed by atoms with Crippen molar-refractivity contribution >= 4 is 5.97 Å². The van der Waals surface area contributed by atoms with Gasteiger partial charge in [0.05, 0.1) is 17.6 Å². The van der Waals surface area contributed by atoms with E-state index in [4.69, 9.17) is 5.11 Å². The average Bonchev–Trinajstić information content (AvgIpc) is 2.30. The second kappa shape index (κ2) is 4.06. The molecule has 0 aromatic carbocycles. The number of hydrogen-bond acceptors (Lipinski definition) is 4. The molecule has 16 heavy (non-hydrogen) atoms. The molecule has 0 fully saturated rings. The van der Waals surface area contributed by atoms with Crippen LogP contribution in [0.5, 0.6) is 0 Å². The number of pyridine rings is 1. The minimum absolute atomic E-state index is 0.0387. The summed E-state index contributed by atoms with van der Waals surface area (Å²) in [4.78, 5) is 23.0. The number of carboxylic acid groups (broad SMARTS) is 1. The molecule has 0 radical (unpaired) electrons. The first-order valence-electron chi connectivity index (χ1n) is 4.67. The van der Waals surface area contributed by atoms with E-state index in [0.717, 1.165) is 0 Å². The fraction of sp³-hybridized carbons (Fsp3) is 0.0909. The van der Waals surface area contributed by atoms with E-state index in [2.05, 4.69) is 15.0 Å². The summed E-state index contributed by atoms with van der Waals surface area (Å²) < 4.78 is 0. The van der Waals surface area contributed by atoms with Gasteiger partial charge in [-0.1, -0.05) is 6.07 Å². The lowest BCUT2D eigenvalue weighted by Gasteiger charge is -2.02. The normalized spacial score (nSPS) is 10.1. The number of aryl methyl sites for hydroxylation is 1. The minimum Gasteiger partial charge on any atom is -0.476 e.